The van der Waals surface area contributed by atoms with Gasteiger partial charge in [0.25, 0.3) is 5.91 Å². The Morgan fingerprint density at radius 1 is 1.33 bits per heavy atom. The molecule has 1 aliphatic rings. The van der Waals surface area contributed by atoms with Crippen LogP contribution in [-0.2, 0) is 0 Å². The number of halogens is 1. The lowest BCUT2D eigenvalue weighted by Gasteiger charge is -2.39. The fourth-order valence-electron chi connectivity index (χ4n) is 4.21. The molecule has 146 valence electrons. The van der Waals surface area contributed by atoms with E-state index in [1.807, 2.05) is 6.92 Å². The molecular weight excluding hydrogens is 345 g/mol. The topological polar surface area (TPSA) is 56.2 Å². The van der Waals surface area contributed by atoms with Gasteiger partial charge in [-0.2, -0.15) is 5.10 Å². The van der Waals surface area contributed by atoms with Gasteiger partial charge in [-0.05, 0) is 61.8 Å². The van der Waals surface area contributed by atoms with Gasteiger partial charge < -0.3 is 10.1 Å². The van der Waals surface area contributed by atoms with Gasteiger partial charge in [0.2, 0.25) is 0 Å². The third kappa shape index (κ3) is 4.67. The van der Waals surface area contributed by atoms with Crippen molar-refractivity contribution in [3.63, 3.8) is 0 Å². The lowest BCUT2D eigenvalue weighted by atomic mass is 9.70. The molecule has 1 fully saturated rings. The fraction of sp³-hybridized carbons (Fsp3) is 0.524. The van der Waals surface area contributed by atoms with Gasteiger partial charge in [0.05, 0.1) is 18.5 Å². The number of carbonyl (C=O) groups is 1. The van der Waals surface area contributed by atoms with E-state index in [-0.39, 0.29) is 28.9 Å². The summed E-state index contributed by atoms with van der Waals surface area (Å²) in [5.74, 6) is 0.460. The molecule has 3 rings (SSSR count). The van der Waals surface area contributed by atoms with E-state index in [4.69, 9.17) is 4.74 Å². The van der Waals surface area contributed by atoms with Crippen molar-refractivity contribution < 1.29 is 13.9 Å². The Kier molecular flexibility index (Phi) is 5.53. The van der Waals surface area contributed by atoms with E-state index in [2.05, 4.69) is 31.2 Å². The zero-order valence-corrected chi connectivity index (χ0v) is 16.5. The first kappa shape index (κ1) is 19.4. The van der Waals surface area contributed by atoms with Crippen LogP contribution in [0.2, 0.25) is 0 Å². The minimum absolute atomic E-state index is 0.127. The number of ether oxygens (including phenoxy) is 1. The third-order valence-corrected chi connectivity index (χ3v) is 5.01. The van der Waals surface area contributed by atoms with Crippen LogP contribution in [0.5, 0.6) is 5.75 Å². The lowest BCUT2D eigenvalue weighted by molar-refractivity contribution is 0.0865. The predicted octanol–water partition coefficient (Wildman–Crippen LogP) is 4.35. The van der Waals surface area contributed by atoms with E-state index in [0.717, 1.165) is 12.8 Å². The molecule has 0 aliphatic heterocycles. The summed E-state index contributed by atoms with van der Waals surface area (Å²) in [6.45, 7) is 9.02. The minimum atomic E-state index is -0.317. The number of amides is 1. The molecule has 1 aromatic carbocycles. The van der Waals surface area contributed by atoms with Gasteiger partial charge in [-0.3, -0.25) is 4.79 Å². The van der Waals surface area contributed by atoms with Crippen molar-refractivity contribution in [2.75, 3.05) is 6.61 Å². The smallest absolute Gasteiger partial charge is 0.275 e. The van der Waals surface area contributed by atoms with Crippen LogP contribution in [0.15, 0.2) is 30.5 Å². The van der Waals surface area contributed by atoms with Crippen molar-refractivity contribution in [2.45, 2.75) is 53.0 Å². The van der Waals surface area contributed by atoms with Crippen LogP contribution in [0, 0.1) is 17.2 Å². The molecule has 0 radical (unpaired) electrons. The maximum absolute atomic E-state index is 13.2. The van der Waals surface area contributed by atoms with E-state index in [1.54, 1.807) is 23.0 Å². The summed E-state index contributed by atoms with van der Waals surface area (Å²) < 4.78 is 20.3. The Labute approximate surface area is 159 Å². The van der Waals surface area contributed by atoms with Crippen LogP contribution in [0.3, 0.4) is 0 Å². The van der Waals surface area contributed by atoms with Crippen LogP contribution in [0.25, 0.3) is 5.69 Å². The third-order valence-electron chi connectivity index (χ3n) is 5.01. The van der Waals surface area contributed by atoms with Crippen molar-refractivity contribution in [2.24, 2.45) is 11.3 Å². The monoisotopic (exact) mass is 373 g/mol. The quantitative estimate of drug-likeness (QED) is 0.847. The van der Waals surface area contributed by atoms with E-state index in [0.29, 0.717) is 24.0 Å². The molecule has 27 heavy (non-hydrogen) atoms. The lowest BCUT2D eigenvalue weighted by Crippen LogP contribution is -2.43. The van der Waals surface area contributed by atoms with Gasteiger partial charge in [0.1, 0.15) is 5.82 Å². The summed E-state index contributed by atoms with van der Waals surface area (Å²) >= 11 is 0. The average molecular weight is 373 g/mol. The Bertz CT molecular complexity index is 798. The van der Waals surface area contributed by atoms with Gasteiger partial charge >= 0.3 is 0 Å². The maximum Gasteiger partial charge on any atom is 0.275 e. The molecule has 1 aliphatic carbocycles. The molecule has 6 heteroatoms. The molecule has 2 unspecified atom stereocenters. The maximum atomic E-state index is 13.2. The molecule has 0 saturated heterocycles. The van der Waals surface area contributed by atoms with Crippen LogP contribution >= 0.6 is 0 Å². The highest BCUT2D eigenvalue weighted by Gasteiger charge is 2.33. The van der Waals surface area contributed by atoms with Crippen molar-refractivity contribution in [3.8, 4) is 11.4 Å². The number of aromatic nitrogens is 2. The number of nitrogens with one attached hydrogen (secondary N) is 1. The Morgan fingerprint density at radius 3 is 2.67 bits per heavy atom. The molecule has 1 aromatic heterocycles. The molecule has 0 spiro atoms. The van der Waals surface area contributed by atoms with Crippen molar-refractivity contribution in [3.05, 3.63) is 42.0 Å². The average Bonchev–Trinajstić information content (AvgIpc) is 2.98. The highest BCUT2D eigenvalue weighted by atomic mass is 19.1. The highest BCUT2D eigenvalue weighted by molar-refractivity contribution is 5.95. The molecule has 1 N–H and O–H groups in total. The Hall–Kier alpha value is -2.37. The van der Waals surface area contributed by atoms with Crippen molar-refractivity contribution >= 4 is 5.91 Å². The van der Waals surface area contributed by atoms with Crippen molar-refractivity contribution in [1.82, 2.24) is 15.1 Å². The summed E-state index contributed by atoms with van der Waals surface area (Å²) in [6, 6.07) is 6.09. The van der Waals surface area contributed by atoms with Gasteiger partial charge in [0.15, 0.2) is 11.4 Å². The number of hydrogen-bond acceptors (Lipinski definition) is 3. The largest absolute Gasteiger partial charge is 0.490 e. The van der Waals surface area contributed by atoms with Crippen LogP contribution in [-0.4, -0.2) is 28.3 Å². The first-order valence-electron chi connectivity index (χ1n) is 9.56. The second kappa shape index (κ2) is 7.71. The zero-order valence-electron chi connectivity index (χ0n) is 16.5. The minimum Gasteiger partial charge on any atom is -0.490 e. The van der Waals surface area contributed by atoms with E-state index >= 15 is 0 Å². The standard InChI is InChI=1S/C21H28FN3O2/c1-5-27-18-13-25(17-8-6-15(22)7-9-17)24-19(18)20(26)23-16-10-14(2)11-21(3,4)12-16/h6-9,13-14,16H,5,10-12H2,1-4H3,(H,23,26). The number of carbonyl (C=O) groups excluding carboxylic acids is 1. The van der Waals surface area contributed by atoms with Crippen molar-refractivity contribution in [1.29, 1.82) is 0 Å². The summed E-state index contributed by atoms with van der Waals surface area (Å²) in [6.07, 6.45) is 4.76. The van der Waals surface area contributed by atoms with E-state index in [9.17, 15) is 9.18 Å². The zero-order chi connectivity index (χ0) is 19.6. The first-order valence-corrected chi connectivity index (χ1v) is 9.56. The van der Waals surface area contributed by atoms with E-state index in [1.165, 1.54) is 18.6 Å². The molecule has 2 atom stereocenters. The normalized spacial score (nSPS) is 21.7. The molecule has 0 bridgehead atoms. The number of rotatable bonds is 5. The molecule has 1 heterocycles. The molecular formula is C21H28FN3O2. The molecule has 5 nitrogen and oxygen atoms in total. The summed E-state index contributed by atoms with van der Waals surface area (Å²) in [4.78, 5) is 12.9. The van der Waals surface area contributed by atoms with Gasteiger partial charge in [-0.1, -0.05) is 20.8 Å². The second-order valence-electron chi connectivity index (χ2n) is 8.28. The number of benzene rings is 1. The predicted molar refractivity (Wildman–Crippen MR) is 103 cm³/mol. The number of nitrogens with zero attached hydrogens (tertiary/aromatic N) is 2. The second-order valence-corrected chi connectivity index (χ2v) is 8.28. The highest BCUT2D eigenvalue weighted by Crippen LogP contribution is 2.38. The van der Waals surface area contributed by atoms with Gasteiger partial charge in [-0.25, -0.2) is 9.07 Å². The summed E-state index contributed by atoms with van der Waals surface area (Å²) in [7, 11) is 0. The molecule has 1 amide bonds. The van der Waals surface area contributed by atoms with Crippen LogP contribution in [0.1, 0.15) is 57.4 Å². The Morgan fingerprint density at radius 2 is 2.04 bits per heavy atom. The summed E-state index contributed by atoms with van der Waals surface area (Å²) in [5, 5.41) is 7.55. The van der Waals surface area contributed by atoms with Crippen LogP contribution in [0.4, 0.5) is 4.39 Å². The SMILES string of the molecule is CCOc1cn(-c2ccc(F)cc2)nc1C(=O)NC1CC(C)CC(C)(C)C1. The van der Waals surface area contributed by atoms with E-state index < -0.39 is 0 Å². The fourth-order valence-corrected chi connectivity index (χ4v) is 4.21. The van der Waals surface area contributed by atoms with Crippen LogP contribution < -0.4 is 10.1 Å². The number of hydrogen-bond donors (Lipinski definition) is 1. The van der Waals surface area contributed by atoms with Gasteiger partial charge in [-0.15, -0.1) is 0 Å². The van der Waals surface area contributed by atoms with Gasteiger partial charge in [0, 0.05) is 6.04 Å². The first-order chi connectivity index (χ1) is 12.8. The molecule has 1 saturated carbocycles. The Balaban J connectivity index is 1.82. The summed E-state index contributed by atoms with van der Waals surface area (Å²) in [5.41, 5.74) is 1.15. The molecule has 2 aromatic rings.